The maximum absolute atomic E-state index is 13.1. The predicted molar refractivity (Wildman–Crippen MR) is 125 cm³/mol. The van der Waals surface area contributed by atoms with Crippen LogP contribution in [0.2, 0.25) is 0 Å². The Morgan fingerprint density at radius 1 is 1.03 bits per heavy atom. The first-order chi connectivity index (χ1) is 15.7. The third-order valence-corrected chi connectivity index (χ3v) is 6.00. The van der Waals surface area contributed by atoms with E-state index < -0.39 is 10.0 Å². The second-order valence-corrected chi connectivity index (χ2v) is 9.74. The fourth-order valence-electron chi connectivity index (χ4n) is 2.90. The number of nitrogens with zero attached hydrogens (tertiary/aromatic N) is 2. The van der Waals surface area contributed by atoms with Crippen LogP contribution in [0.5, 0.6) is 23.1 Å². The van der Waals surface area contributed by atoms with E-state index in [2.05, 4.69) is 14.7 Å². The van der Waals surface area contributed by atoms with Gasteiger partial charge < -0.3 is 20.7 Å². The van der Waals surface area contributed by atoms with Crippen molar-refractivity contribution in [1.29, 1.82) is 0 Å². The van der Waals surface area contributed by atoms with Gasteiger partial charge in [0.1, 0.15) is 12.9 Å². The Labute approximate surface area is 223 Å². The van der Waals surface area contributed by atoms with E-state index in [1.54, 1.807) is 36.4 Å². The van der Waals surface area contributed by atoms with Gasteiger partial charge in [-0.3, -0.25) is 4.72 Å². The van der Waals surface area contributed by atoms with Crippen LogP contribution < -0.4 is 48.5 Å². The monoisotopic (exact) mass is 497 g/mol. The van der Waals surface area contributed by atoms with Gasteiger partial charge in [0, 0.05) is 0 Å². The second kappa shape index (κ2) is 11.9. The number of methoxy groups -OCH3 is 1. The average Bonchev–Trinajstić information content (AvgIpc) is 2.79. The van der Waals surface area contributed by atoms with Crippen LogP contribution in [0.15, 0.2) is 59.8 Å². The molecule has 34 heavy (non-hydrogen) atoms. The Kier molecular flexibility index (Phi) is 9.72. The van der Waals surface area contributed by atoms with Crippen LogP contribution in [0.25, 0.3) is 0 Å². The van der Waals surface area contributed by atoms with E-state index in [9.17, 15) is 8.42 Å². The summed E-state index contributed by atoms with van der Waals surface area (Å²) in [5, 5.41) is 9.13. The molecule has 2 N–H and O–H groups in total. The first-order valence-electron chi connectivity index (χ1n) is 10.2. The fraction of sp³-hybridized carbons (Fsp3) is 0.304. The Balaban J connectivity index is 0.00000306. The number of aliphatic hydroxyl groups excluding tert-OH is 1. The van der Waals surface area contributed by atoms with Crippen molar-refractivity contribution in [2.24, 2.45) is 0 Å². The summed E-state index contributed by atoms with van der Waals surface area (Å²) in [4.78, 5) is 8.15. The van der Waals surface area contributed by atoms with Crippen molar-refractivity contribution < 1.29 is 58.7 Å². The van der Waals surface area contributed by atoms with Crippen LogP contribution in [0.4, 0.5) is 5.82 Å². The summed E-state index contributed by atoms with van der Waals surface area (Å²) in [6, 6.07) is 13.5. The Morgan fingerprint density at radius 3 is 2.26 bits per heavy atom. The molecule has 0 radical (unpaired) electrons. The smallest absolute Gasteiger partial charge is 1.00 e. The molecule has 1 aromatic heterocycles. The zero-order chi connectivity index (χ0) is 24.1. The van der Waals surface area contributed by atoms with Gasteiger partial charge in [0.05, 0.1) is 18.6 Å². The molecule has 0 bridgehead atoms. The summed E-state index contributed by atoms with van der Waals surface area (Å²) in [5.41, 5.74) is 0.889. The molecule has 3 aromatic rings. The molecule has 178 valence electrons. The molecular formula is C23H28N3NaO6S. The molecule has 0 saturated carbocycles. The minimum absolute atomic E-state index is 0. The number of para-hydroxylation sites is 2. The van der Waals surface area contributed by atoms with Gasteiger partial charge in [-0.05, 0) is 35.2 Å². The van der Waals surface area contributed by atoms with Gasteiger partial charge in [-0.15, -0.1) is 0 Å². The van der Waals surface area contributed by atoms with Gasteiger partial charge in [-0.1, -0.05) is 45.0 Å². The molecule has 0 spiro atoms. The molecule has 1 heterocycles. The zero-order valence-corrected chi connectivity index (χ0v) is 22.7. The number of sulfonamides is 1. The Bertz CT molecular complexity index is 1200. The number of aliphatic hydroxyl groups is 1. The second-order valence-electron chi connectivity index (χ2n) is 8.06. The number of nitrogens with one attached hydrogen (secondary N) is 1. The minimum atomic E-state index is -4.00. The summed E-state index contributed by atoms with van der Waals surface area (Å²) in [5.74, 6) is 0.500. The molecular weight excluding hydrogens is 469 g/mol. The Morgan fingerprint density at radius 2 is 1.68 bits per heavy atom. The molecule has 11 heteroatoms. The van der Waals surface area contributed by atoms with Crippen molar-refractivity contribution in [3.8, 4) is 23.1 Å². The van der Waals surface area contributed by atoms with Crippen molar-refractivity contribution in [2.45, 2.75) is 31.1 Å². The van der Waals surface area contributed by atoms with Gasteiger partial charge in [-0.2, -0.15) is 4.98 Å². The van der Waals surface area contributed by atoms with Crippen molar-refractivity contribution in [2.75, 3.05) is 25.0 Å². The van der Waals surface area contributed by atoms with E-state index in [1.807, 2.05) is 20.8 Å². The fourth-order valence-corrected chi connectivity index (χ4v) is 3.91. The summed E-state index contributed by atoms with van der Waals surface area (Å²) in [7, 11) is -2.52. The van der Waals surface area contributed by atoms with E-state index in [0.717, 1.165) is 11.9 Å². The van der Waals surface area contributed by atoms with Gasteiger partial charge in [-0.25, -0.2) is 13.4 Å². The van der Waals surface area contributed by atoms with E-state index in [1.165, 1.54) is 19.2 Å². The van der Waals surface area contributed by atoms with Crippen LogP contribution in [0.1, 0.15) is 27.8 Å². The minimum Gasteiger partial charge on any atom is -1.00 e. The molecule has 0 aliphatic carbocycles. The first kappa shape index (κ1) is 27.9. The number of rotatable bonds is 9. The van der Waals surface area contributed by atoms with Crippen molar-refractivity contribution in [3.63, 3.8) is 0 Å². The maximum Gasteiger partial charge on any atom is 1.00 e. The van der Waals surface area contributed by atoms with E-state index in [0.29, 0.717) is 11.5 Å². The largest absolute Gasteiger partial charge is 1.00 e. The molecule has 2 aromatic carbocycles. The van der Waals surface area contributed by atoms with E-state index in [4.69, 9.17) is 19.3 Å². The zero-order valence-electron chi connectivity index (χ0n) is 20.9. The van der Waals surface area contributed by atoms with Crippen molar-refractivity contribution >= 4 is 15.8 Å². The number of anilines is 1. The summed E-state index contributed by atoms with van der Waals surface area (Å²) in [6.45, 7) is 5.81. The van der Waals surface area contributed by atoms with Crippen LogP contribution >= 0.6 is 0 Å². The topological polar surface area (TPSA) is 120 Å². The number of hydrogen-bond donors (Lipinski definition) is 2. The van der Waals surface area contributed by atoms with Crippen molar-refractivity contribution in [1.82, 2.24) is 9.97 Å². The number of benzene rings is 2. The van der Waals surface area contributed by atoms with Gasteiger partial charge in [0.2, 0.25) is 5.75 Å². The summed E-state index contributed by atoms with van der Waals surface area (Å²) >= 11 is 0. The normalized spacial score (nSPS) is 11.3. The molecule has 3 rings (SSSR count). The van der Waals surface area contributed by atoms with Gasteiger partial charge in [0.25, 0.3) is 15.9 Å². The first-order valence-corrected chi connectivity index (χ1v) is 11.7. The predicted octanol–water partition coefficient (Wildman–Crippen LogP) is 0.863. The van der Waals surface area contributed by atoms with E-state index >= 15 is 0 Å². The van der Waals surface area contributed by atoms with Crippen LogP contribution in [0, 0.1) is 0 Å². The molecule has 0 fully saturated rings. The van der Waals surface area contributed by atoms with Crippen LogP contribution in [-0.2, 0) is 15.4 Å². The quantitative estimate of drug-likeness (QED) is 0.418. The van der Waals surface area contributed by atoms with E-state index in [-0.39, 0.29) is 72.0 Å². The van der Waals surface area contributed by atoms with Crippen LogP contribution in [0.3, 0.4) is 0 Å². The summed E-state index contributed by atoms with van der Waals surface area (Å²) < 4.78 is 45.3. The van der Waals surface area contributed by atoms with Gasteiger partial charge >= 0.3 is 29.6 Å². The molecule has 0 aliphatic heterocycles. The van der Waals surface area contributed by atoms with Crippen molar-refractivity contribution in [3.05, 3.63) is 60.4 Å². The molecule has 0 atom stereocenters. The third kappa shape index (κ3) is 6.83. The number of aromatic nitrogens is 2. The van der Waals surface area contributed by atoms with Gasteiger partial charge in [0.15, 0.2) is 17.3 Å². The maximum atomic E-state index is 13.1. The number of ether oxygens (including phenoxy) is 3. The SMILES string of the molecule is COc1ccccc1Oc1c(NS(=O)(=O)c2ccc(C(C)(C)C)cc2)ncnc1OCCO.[H-].[Na+]. The third-order valence-electron chi connectivity index (χ3n) is 4.64. The Hall–Kier alpha value is -2.37. The van der Waals surface area contributed by atoms with Crippen LogP contribution in [-0.4, -0.2) is 43.8 Å². The molecule has 0 aliphatic rings. The molecule has 0 saturated heterocycles. The molecule has 9 nitrogen and oxygen atoms in total. The number of hydrogen-bond acceptors (Lipinski definition) is 8. The molecule has 0 amide bonds. The average molecular weight is 498 g/mol. The molecule has 0 unspecified atom stereocenters. The summed E-state index contributed by atoms with van der Waals surface area (Å²) in [6.07, 6.45) is 1.14. The standard InChI is InChI=1S/C23H27N3O6S.Na.H/c1-23(2,3)16-9-11-17(12-10-16)33(28,29)26-21-20(22(25-15-24-21)31-14-13-27)32-19-8-6-5-7-18(19)30-4;;/h5-12,15,27H,13-14H2,1-4H3,(H,24,25,26);;/q;+1;-1.